The molecule has 0 amide bonds. The number of nitrogens with zero attached hydrogens (tertiary/aromatic N) is 4. The van der Waals surface area contributed by atoms with Crippen molar-refractivity contribution in [2.24, 2.45) is 5.10 Å². The minimum absolute atomic E-state index is 0.147. The van der Waals surface area contributed by atoms with Crippen molar-refractivity contribution in [1.82, 2.24) is 10.2 Å². The average Bonchev–Trinajstić information content (AvgIpc) is 3.77. The molecule has 0 saturated carbocycles. The lowest BCUT2D eigenvalue weighted by atomic mass is 10.0. The molecule has 7 rings (SSSR count). The number of hydrogen-bond acceptors (Lipinski definition) is 5. The monoisotopic (exact) mass is 570 g/mol. The van der Waals surface area contributed by atoms with E-state index in [9.17, 15) is 0 Å². The Morgan fingerprint density at radius 2 is 1.02 bits per heavy atom. The molecule has 6 aromatic rings. The first-order chi connectivity index (χ1) is 21.8. The van der Waals surface area contributed by atoms with Crippen LogP contribution < -0.4 is 5.01 Å². The maximum atomic E-state index is 5.90. The third kappa shape index (κ3) is 6.18. The predicted octanol–water partition coefficient (Wildman–Crippen LogP) is 9.59. The molecule has 0 saturated heterocycles. The summed E-state index contributed by atoms with van der Waals surface area (Å²) in [4.78, 5) is 0. The Balaban J connectivity index is 1.05. The second kappa shape index (κ2) is 12.6. The highest BCUT2D eigenvalue weighted by Gasteiger charge is 2.28. The lowest BCUT2D eigenvalue weighted by molar-refractivity contribution is 0.584. The summed E-state index contributed by atoms with van der Waals surface area (Å²) in [5.41, 5.74) is 8.55. The molecule has 2 heterocycles. The fourth-order valence-corrected chi connectivity index (χ4v) is 5.27. The minimum Gasteiger partial charge on any atom is -0.416 e. The molecule has 1 aliphatic rings. The van der Waals surface area contributed by atoms with Gasteiger partial charge in [-0.05, 0) is 64.7 Å². The number of anilines is 1. The summed E-state index contributed by atoms with van der Waals surface area (Å²) >= 11 is 0. The van der Waals surface area contributed by atoms with Crippen LogP contribution in [0.3, 0.4) is 0 Å². The van der Waals surface area contributed by atoms with E-state index in [4.69, 9.17) is 9.52 Å². The summed E-state index contributed by atoms with van der Waals surface area (Å²) in [7, 11) is 0. The van der Waals surface area contributed by atoms with E-state index in [1.165, 1.54) is 11.1 Å². The normalized spacial score (nSPS) is 14.9. The Hall–Kier alpha value is -5.81. The van der Waals surface area contributed by atoms with Gasteiger partial charge in [-0.15, -0.1) is 10.2 Å². The topological polar surface area (TPSA) is 54.5 Å². The van der Waals surface area contributed by atoms with E-state index in [-0.39, 0.29) is 6.04 Å². The molecular weight excluding hydrogens is 540 g/mol. The highest BCUT2D eigenvalue weighted by atomic mass is 16.4. The van der Waals surface area contributed by atoms with Gasteiger partial charge in [0.1, 0.15) is 0 Å². The second-order valence-electron chi connectivity index (χ2n) is 10.6. The Labute approximate surface area is 257 Å². The molecule has 1 aliphatic heterocycles. The number of hydrazone groups is 1. The van der Waals surface area contributed by atoms with Gasteiger partial charge in [0, 0.05) is 17.5 Å². The van der Waals surface area contributed by atoms with Crippen LogP contribution in [0.4, 0.5) is 5.69 Å². The summed E-state index contributed by atoms with van der Waals surface area (Å²) in [6, 6.07) is 47.6. The van der Waals surface area contributed by atoms with Gasteiger partial charge < -0.3 is 4.42 Å². The van der Waals surface area contributed by atoms with Crippen molar-refractivity contribution in [1.29, 1.82) is 0 Å². The first-order valence-electron chi connectivity index (χ1n) is 14.7. The van der Waals surface area contributed by atoms with E-state index in [0.717, 1.165) is 40.1 Å². The molecule has 1 aromatic heterocycles. The number of rotatable bonds is 8. The van der Waals surface area contributed by atoms with E-state index in [1.54, 1.807) is 0 Å². The molecule has 0 radical (unpaired) electrons. The van der Waals surface area contributed by atoms with E-state index < -0.39 is 0 Å². The van der Waals surface area contributed by atoms with Gasteiger partial charge in [-0.3, -0.25) is 5.01 Å². The lowest BCUT2D eigenvalue weighted by Gasteiger charge is -2.24. The Kier molecular flexibility index (Phi) is 7.74. The van der Waals surface area contributed by atoms with Crippen molar-refractivity contribution in [3.8, 4) is 22.9 Å². The van der Waals surface area contributed by atoms with Crippen molar-refractivity contribution in [2.75, 3.05) is 5.01 Å². The molecular formula is C39H30N4O. The Morgan fingerprint density at radius 1 is 0.523 bits per heavy atom. The first-order valence-corrected chi connectivity index (χ1v) is 14.7. The first kappa shape index (κ1) is 27.0. The van der Waals surface area contributed by atoms with Gasteiger partial charge in [-0.1, -0.05) is 121 Å². The number of aromatic nitrogens is 2. The molecule has 0 spiro atoms. The van der Waals surface area contributed by atoms with Crippen LogP contribution in [-0.2, 0) is 0 Å². The summed E-state index contributed by atoms with van der Waals surface area (Å²) < 4.78 is 5.90. The van der Waals surface area contributed by atoms with Crippen LogP contribution in [0.5, 0.6) is 0 Å². The molecule has 0 aliphatic carbocycles. The van der Waals surface area contributed by atoms with Crippen molar-refractivity contribution in [2.45, 2.75) is 12.5 Å². The molecule has 0 N–H and O–H groups in total. The zero-order valence-electron chi connectivity index (χ0n) is 24.1. The van der Waals surface area contributed by atoms with Crippen LogP contribution in [0.2, 0.25) is 0 Å². The van der Waals surface area contributed by atoms with Crippen LogP contribution in [-0.4, -0.2) is 15.9 Å². The Bertz CT molecular complexity index is 1910. The molecule has 0 bridgehead atoms. The van der Waals surface area contributed by atoms with Crippen molar-refractivity contribution in [3.05, 3.63) is 168 Å². The standard InChI is InChI=1S/C39H30N4O/c1-4-10-29(11-5-1)20-25-35-28-37(32-12-6-2-7-13-32)43(42-35)36-26-21-31(22-27-36)17-16-30-18-23-34(24-19-30)39-41-40-38(44-39)33-14-8-3-9-15-33/h1-27,37H,28H2/b17-16+,25-20?. The van der Waals surface area contributed by atoms with E-state index in [0.29, 0.717) is 11.8 Å². The van der Waals surface area contributed by atoms with E-state index in [2.05, 4.69) is 131 Å². The second-order valence-corrected chi connectivity index (χ2v) is 10.6. The minimum atomic E-state index is 0.147. The molecule has 212 valence electrons. The van der Waals surface area contributed by atoms with Crippen molar-refractivity contribution < 1.29 is 4.42 Å². The van der Waals surface area contributed by atoms with Crippen molar-refractivity contribution >= 4 is 29.6 Å². The highest BCUT2D eigenvalue weighted by molar-refractivity contribution is 6.01. The molecule has 5 aromatic carbocycles. The number of hydrogen-bond donors (Lipinski definition) is 0. The highest BCUT2D eigenvalue weighted by Crippen LogP contribution is 2.36. The van der Waals surface area contributed by atoms with E-state index in [1.807, 2.05) is 48.5 Å². The quantitative estimate of drug-likeness (QED) is 0.171. The van der Waals surface area contributed by atoms with Gasteiger partial charge in [0.2, 0.25) is 11.8 Å². The average molecular weight is 571 g/mol. The number of allylic oxidation sites excluding steroid dienone is 1. The van der Waals surface area contributed by atoms with Gasteiger partial charge >= 0.3 is 0 Å². The Morgan fingerprint density at radius 3 is 1.66 bits per heavy atom. The van der Waals surface area contributed by atoms with Crippen LogP contribution in [0.15, 0.2) is 155 Å². The fourth-order valence-electron chi connectivity index (χ4n) is 5.27. The van der Waals surface area contributed by atoms with Crippen LogP contribution in [0.1, 0.15) is 34.7 Å². The molecule has 44 heavy (non-hydrogen) atoms. The van der Waals surface area contributed by atoms with Gasteiger partial charge in [-0.2, -0.15) is 5.10 Å². The zero-order valence-corrected chi connectivity index (χ0v) is 24.1. The zero-order chi connectivity index (χ0) is 29.6. The molecule has 0 fully saturated rings. The van der Waals surface area contributed by atoms with E-state index >= 15 is 0 Å². The third-order valence-electron chi connectivity index (χ3n) is 7.62. The van der Waals surface area contributed by atoms with Gasteiger partial charge in [0.25, 0.3) is 0 Å². The maximum Gasteiger partial charge on any atom is 0.248 e. The largest absolute Gasteiger partial charge is 0.416 e. The molecule has 1 atom stereocenters. The molecule has 5 heteroatoms. The van der Waals surface area contributed by atoms with Gasteiger partial charge in [0.15, 0.2) is 0 Å². The smallest absolute Gasteiger partial charge is 0.248 e. The summed E-state index contributed by atoms with van der Waals surface area (Å²) in [5, 5.41) is 15.6. The summed E-state index contributed by atoms with van der Waals surface area (Å²) in [6.07, 6.45) is 9.34. The maximum absolute atomic E-state index is 5.90. The predicted molar refractivity (Wildman–Crippen MR) is 180 cm³/mol. The third-order valence-corrected chi connectivity index (χ3v) is 7.62. The summed E-state index contributed by atoms with van der Waals surface area (Å²) in [5.74, 6) is 1.02. The van der Waals surface area contributed by atoms with Gasteiger partial charge in [0.05, 0.1) is 17.4 Å². The SMILES string of the molecule is C(=Cc1ccccc1)C1=NN(c2ccc(/C=C/c3ccc(-c4nnc(-c5ccccc5)o4)cc3)cc2)C(c2ccccc2)C1. The summed E-state index contributed by atoms with van der Waals surface area (Å²) in [6.45, 7) is 0. The van der Waals surface area contributed by atoms with Crippen LogP contribution >= 0.6 is 0 Å². The molecule has 1 unspecified atom stereocenters. The van der Waals surface area contributed by atoms with Crippen molar-refractivity contribution in [3.63, 3.8) is 0 Å². The number of benzene rings is 5. The van der Waals surface area contributed by atoms with Crippen LogP contribution in [0, 0.1) is 0 Å². The van der Waals surface area contributed by atoms with Crippen LogP contribution in [0.25, 0.3) is 41.1 Å². The van der Waals surface area contributed by atoms with Gasteiger partial charge in [-0.25, -0.2) is 0 Å². The molecule has 5 nitrogen and oxygen atoms in total. The lowest BCUT2D eigenvalue weighted by Crippen LogP contribution is -2.18. The fraction of sp³-hybridized carbons (Fsp3) is 0.0513.